The van der Waals surface area contributed by atoms with E-state index in [1.165, 1.54) is 12.3 Å². The average molecular weight is 422 g/mol. The van der Waals surface area contributed by atoms with E-state index < -0.39 is 24.2 Å². The molecule has 0 radical (unpaired) electrons. The zero-order valence-corrected chi connectivity index (χ0v) is 17.3. The van der Waals surface area contributed by atoms with Crippen molar-refractivity contribution in [2.24, 2.45) is 0 Å². The maximum Gasteiger partial charge on any atom is 0.323 e. The molecule has 31 heavy (non-hydrogen) atoms. The van der Waals surface area contributed by atoms with Crippen LogP contribution in [0.5, 0.6) is 0 Å². The SMILES string of the molecule is Cc1ccc(Nc2ncc(C(=O)N(CCc3ccccc3F)CC(=O)O)c(C)n2)cc1. The molecule has 7 nitrogen and oxygen atoms in total. The number of aryl methyl sites for hydroxylation is 2. The molecule has 0 unspecified atom stereocenters. The lowest BCUT2D eigenvalue weighted by Gasteiger charge is -2.21. The minimum absolute atomic E-state index is 0.0505. The highest BCUT2D eigenvalue weighted by molar-refractivity contribution is 5.96. The fourth-order valence-electron chi connectivity index (χ4n) is 3.05. The second-order valence-electron chi connectivity index (χ2n) is 7.15. The van der Waals surface area contributed by atoms with Gasteiger partial charge in [0.2, 0.25) is 5.95 Å². The highest BCUT2D eigenvalue weighted by Crippen LogP contribution is 2.17. The summed E-state index contributed by atoms with van der Waals surface area (Å²) in [5, 5.41) is 12.3. The Bertz CT molecular complexity index is 1090. The van der Waals surface area contributed by atoms with Crippen LogP contribution in [0.2, 0.25) is 0 Å². The average Bonchev–Trinajstić information content (AvgIpc) is 2.73. The van der Waals surface area contributed by atoms with Gasteiger partial charge in [0, 0.05) is 18.4 Å². The van der Waals surface area contributed by atoms with Crippen LogP contribution >= 0.6 is 0 Å². The van der Waals surface area contributed by atoms with Crippen LogP contribution in [-0.2, 0) is 11.2 Å². The second-order valence-corrected chi connectivity index (χ2v) is 7.15. The van der Waals surface area contributed by atoms with Crippen LogP contribution < -0.4 is 5.32 Å². The summed E-state index contributed by atoms with van der Waals surface area (Å²) in [5.74, 6) is -1.73. The molecule has 1 aromatic heterocycles. The van der Waals surface area contributed by atoms with Gasteiger partial charge in [0.15, 0.2) is 0 Å². The monoisotopic (exact) mass is 422 g/mol. The van der Waals surface area contributed by atoms with Crippen LogP contribution in [-0.4, -0.2) is 44.9 Å². The largest absolute Gasteiger partial charge is 0.480 e. The summed E-state index contributed by atoms with van der Waals surface area (Å²) >= 11 is 0. The quantitative estimate of drug-likeness (QED) is 0.574. The number of carboxylic acid groups (broad SMARTS) is 1. The zero-order valence-electron chi connectivity index (χ0n) is 17.3. The molecule has 0 atom stereocenters. The molecular weight excluding hydrogens is 399 g/mol. The lowest BCUT2D eigenvalue weighted by atomic mass is 10.1. The summed E-state index contributed by atoms with van der Waals surface area (Å²) in [6, 6.07) is 13.9. The van der Waals surface area contributed by atoms with Crippen LogP contribution in [0.4, 0.5) is 16.0 Å². The molecule has 3 aromatic rings. The molecule has 2 aromatic carbocycles. The van der Waals surface area contributed by atoms with Gasteiger partial charge in [-0.05, 0) is 44.0 Å². The van der Waals surface area contributed by atoms with Crippen molar-refractivity contribution < 1.29 is 19.1 Å². The van der Waals surface area contributed by atoms with E-state index >= 15 is 0 Å². The number of halogens is 1. The number of rotatable bonds is 8. The number of hydrogen-bond acceptors (Lipinski definition) is 5. The molecule has 3 rings (SSSR count). The van der Waals surface area contributed by atoms with Crippen molar-refractivity contribution in [3.8, 4) is 0 Å². The fourth-order valence-corrected chi connectivity index (χ4v) is 3.05. The number of benzene rings is 2. The van der Waals surface area contributed by atoms with Gasteiger partial charge in [-0.25, -0.2) is 14.4 Å². The number of carbonyl (C=O) groups is 2. The first-order valence-corrected chi connectivity index (χ1v) is 9.75. The molecule has 0 spiro atoms. The Morgan fingerprint density at radius 3 is 2.45 bits per heavy atom. The van der Waals surface area contributed by atoms with Gasteiger partial charge in [-0.2, -0.15) is 0 Å². The van der Waals surface area contributed by atoms with Gasteiger partial charge in [-0.1, -0.05) is 35.9 Å². The number of hydrogen-bond donors (Lipinski definition) is 2. The van der Waals surface area contributed by atoms with Crippen molar-refractivity contribution in [2.75, 3.05) is 18.4 Å². The Kier molecular flexibility index (Phi) is 6.92. The van der Waals surface area contributed by atoms with E-state index in [1.807, 2.05) is 31.2 Å². The normalized spacial score (nSPS) is 10.5. The van der Waals surface area contributed by atoms with Crippen LogP contribution in [0.25, 0.3) is 0 Å². The molecule has 8 heteroatoms. The number of aliphatic carboxylic acids is 1. The Morgan fingerprint density at radius 1 is 1.10 bits per heavy atom. The molecule has 2 N–H and O–H groups in total. The number of anilines is 2. The number of nitrogens with one attached hydrogen (secondary N) is 1. The molecule has 0 aliphatic rings. The maximum absolute atomic E-state index is 13.9. The first kappa shape index (κ1) is 21.9. The molecular formula is C23H23FN4O3. The van der Waals surface area contributed by atoms with E-state index in [0.717, 1.165) is 16.2 Å². The Balaban J connectivity index is 1.76. The third-order valence-corrected chi connectivity index (χ3v) is 4.74. The number of amides is 1. The minimum Gasteiger partial charge on any atom is -0.480 e. The molecule has 0 aliphatic heterocycles. The lowest BCUT2D eigenvalue weighted by molar-refractivity contribution is -0.137. The minimum atomic E-state index is -1.15. The summed E-state index contributed by atoms with van der Waals surface area (Å²) in [6.45, 7) is 3.19. The second kappa shape index (κ2) is 9.80. The van der Waals surface area contributed by atoms with Crippen LogP contribution in [0.3, 0.4) is 0 Å². The van der Waals surface area contributed by atoms with Crippen molar-refractivity contribution >= 4 is 23.5 Å². The van der Waals surface area contributed by atoms with Gasteiger partial charge in [0.25, 0.3) is 5.91 Å². The molecule has 160 valence electrons. The van der Waals surface area contributed by atoms with Gasteiger partial charge < -0.3 is 15.3 Å². The molecule has 1 amide bonds. The Labute approximate surface area is 179 Å². The third kappa shape index (κ3) is 5.85. The van der Waals surface area contributed by atoms with E-state index in [4.69, 9.17) is 0 Å². The topological polar surface area (TPSA) is 95.4 Å². The van der Waals surface area contributed by atoms with Gasteiger partial charge >= 0.3 is 5.97 Å². The van der Waals surface area contributed by atoms with Crippen molar-refractivity contribution in [1.82, 2.24) is 14.9 Å². The van der Waals surface area contributed by atoms with Crippen LogP contribution in [0, 0.1) is 19.7 Å². The lowest BCUT2D eigenvalue weighted by Crippen LogP contribution is -2.37. The van der Waals surface area contributed by atoms with E-state index in [-0.39, 0.29) is 18.5 Å². The Hall–Kier alpha value is -3.81. The fraction of sp³-hybridized carbons (Fsp3) is 0.217. The van der Waals surface area contributed by atoms with E-state index in [2.05, 4.69) is 15.3 Å². The number of carbonyl (C=O) groups excluding carboxylic acids is 1. The molecule has 0 saturated carbocycles. The van der Waals surface area contributed by atoms with Gasteiger partial charge in [0.1, 0.15) is 12.4 Å². The molecule has 0 saturated heterocycles. The van der Waals surface area contributed by atoms with Crippen molar-refractivity contribution in [3.63, 3.8) is 0 Å². The van der Waals surface area contributed by atoms with Crippen molar-refractivity contribution in [2.45, 2.75) is 20.3 Å². The predicted octanol–water partition coefficient (Wildman–Crippen LogP) is 3.75. The molecule has 1 heterocycles. The van der Waals surface area contributed by atoms with E-state index in [9.17, 15) is 19.1 Å². The standard InChI is InChI=1S/C23H23FN4O3/c1-15-7-9-18(10-8-15)27-23-25-13-19(16(2)26-23)22(31)28(14-21(29)30)12-11-17-5-3-4-6-20(17)24/h3-10,13H,11-12,14H2,1-2H3,(H,29,30)(H,25,26,27). The van der Waals surface area contributed by atoms with Gasteiger partial charge in [-0.15, -0.1) is 0 Å². The van der Waals surface area contributed by atoms with Gasteiger partial charge in [0.05, 0.1) is 11.3 Å². The van der Waals surface area contributed by atoms with E-state index in [1.54, 1.807) is 25.1 Å². The molecule has 0 bridgehead atoms. The van der Waals surface area contributed by atoms with Gasteiger partial charge in [-0.3, -0.25) is 9.59 Å². The maximum atomic E-state index is 13.9. The van der Waals surface area contributed by atoms with Crippen LogP contribution in [0.15, 0.2) is 54.7 Å². The number of carboxylic acids is 1. The van der Waals surface area contributed by atoms with Crippen LogP contribution in [0.1, 0.15) is 27.2 Å². The highest BCUT2D eigenvalue weighted by atomic mass is 19.1. The Morgan fingerprint density at radius 2 is 1.81 bits per heavy atom. The third-order valence-electron chi connectivity index (χ3n) is 4.74. The van der Waals surface area contributed by atoms with Crippen molar-refractivity contribution in [3.05, 3.63) is 82.9 Å². The molecule has 0 aliphatic carbocycles. The summed E-state index contributed by atoms with van der Waals surface area (Å²) in [4.78, 5) is 33.9. The number of aromatic nitrogens is 2. The molecule has 0 fully saturated rings. The summed E-state index contributed by atoms with van der Waals surface area (Å²) in [5.41, 5.74) is 2.95. The summed E-state index contributed by atoms with van der Waals surface area (Å²) < 4.78 is 13.9. The summed E-state index contributed by atoms with van der Waals surface area (Å²) in [7, 11) is 0. The zero-order chi connectivity index (χ0) is 22.4. The highest BCUT2D eigenvalue weighted by Gasteiger charge is 2.22. The predicted molar refractivity (Wildman–Crippen MR) is 115 cm³/mol. The van der Waals surface area contributed by atoms with Crippen molar-refractivity contribution in [1.29, 1.82) is 0 Å². The summed E-state index contributed by atoms with van der Waals surface area (Å²) in [6.07, 6.45) is 1.57. The first-order chi connectivity index (χ1) is 14.8. The van der Waals surface area contributed by atoms with E-state index in [0.29, 0.717) is 17.2 Å². The first-order valence-electron chi connectivity index (χ1n) is 9.75. The smallest absolute Gasteiger partial charge is 0.323 e. The number of nitrogens with zero attached hydrogens (tertiary/aromatic N) is 3.